The molecule has 0 aromatic heterocycles. The minimum Gasteiger partial charge on any atom is -0.214 e. The van der Waals surface area contributed by atoms with Crippen molar-refractivity contribution in [2.45, 2.75) is 118 Å². The van der Waals surface area contributed by atoms with E-state index in [4.69, 9.17) is 17.0 Å². The summed E-state index contributed by atoms with van der Waals surface area (Å²) in [5, 5.41) is 5.57. The van der Waals surface area contributed by atoms with Crippen LogP contribution in [0.5, 0.6) is 0 Å². The van der Waals surface area contributed by atoms with Crippen LogP contribution in [0.1, 0.15) is 128 Å². The van der Waals surface area contributed by atoms with Crippen LogP contribution in [0.25, 0.3) is 21.5 Å². The molecule has 0 aliphatic heterocycles. The summed E-state index contributed by atoms with van der Waals surface area (Å²) in [6, 6.07) is 34.9. The van der Waals surface area contributed by atoms with Gasteiger partial charge in [-0.2, -0.15) is 18.2 Å². The summed E-state index contributed by atoms with van der Waals surface area (Å²) in [5.41, 5.74) is 8.02. The quantitative estimate of drug-likeness (QED) is 0.152. The van der Waals surface area contributed by atoms with Crippen molar-refractivity contribution in [3.63, 3.8) is 0 Å². The third kappa shape index (κ3) is 11.4. The monoisotopic (exact) mass is 862 g/mol. The predicted molar refractivity (Wildman–Crippen MR) is 231 cm³/mol. The third-order valence-electron chi connectivity index (χ3n) is 9.78. The Kier molecular flexibility index (Phi) is 13.9. The molecule has 0 aliphatic rings. The second kappa shape index (κ2) is 17.0. The minimum absolute atomic E-state index is 0.124. The number of rotatable bonds is 2. The van der Waals surface area contributed by atoms with Crippen molar-refractivity contribution in [1.29, 1.82) is 0 Å². The molecule has 0 heterocycles. The molecule has 6 aromatic carbocycles. The van der Waals surface area contributed by atoms with Crippen LogP contribution in [-0.4, -0.2) is 3.21 Å². The molecule has 0 bridgehead atoms. The van der Waals surface area contributed by atoms with Gasteiger partial charge in [-0.1, -0.05) is 117 Å². The van der Waals surface area contributed by atoms with Crippen molar-refractivity contribution >= 4 is 41.8 Å². The van der Waals surface area contributed by atoms with E-state index in [9.17, 15) is 13.2 Å². The normalized spacial score (nSPS) is 12.5. The number of alkyl halides is 3. The van der Waals surface area contributed by atoms with Crippen molar-refractivity contribution in [2.75, 3.05) is 0 Å². The van der Waals surface area contributed by atoms with Gasteiger partial charge in [0.25, 0.3) is 0 Å². The fraction of sp³-hybridized carbons (Fsp3) is 0.367. The summed E-state index contributed by atoms with van der Waals surface area (Å²) < 4.78 is 39.1. The molecule has 0 atom stereocenters. The van der Waals surface area contributed by atoms with Crippen LogP contribution in [0.3, 0.4) is 0 Å². The molecule has 0 amide bonds. The second-order valence-electron chi connectivity index (χ2n) is 18.7. The van der Waals surface area contributed by atoms with Gasteiger partial charge >= 0.3 is 136 Å². The zero-order valence-electron chi connectivity index (χ0n) is 34.8. The van der Waals surface area contributed by atoms with Gasteiger partial charge in [0.1, 0.15) is 0 Å². The average Bonchev–Trinajstić information content (AvgIpc) is 3.75. The fourth-order valence-electron chi connectivity index (χ4n) is 6.86. The van der Waals surface area contributed by atoms with Gasteiger partial charge in [-0.15, -0.1) is 39.7 Å². The molecule has 0 aliphatic carbocycles. The number of hydrogen-bond acceptors (Lipinski definition) is 0. The van der Waals surface area contributed by atoms with Crippen molar-refractivity contribution in [3.8, 4) is 0 Å². The summed E-state index contributed by atoms with van der Waals surface area (Å²) in [5.74, 6) is 0. The molecule has 55 heavy (non-hydrogen) atoms. The molecule has 6 heteroatoms. The maximum absolute atomic E-state index is 12.8. The van der Waals surface area contributed by atoms with E-state index < -0.39 is 30.6 Å². The van der Waals surface area contributed by atoms with Crippen molar-refractivity contribution in [2.24, 2.45) is 0 Å². The van der Waals surface area contributed by atoms with E-state index >= 15 is 0 Å². The van der Waals surface area contributed by atoms with E-state index in [1.54, 1.807) is 6.07 Å². The topological polar surface area (TPSA) is 0 Å². The van der Waals surface area contributed by atoms with E-state index in [0.29, 0.717) is 8.77 Å². The zero-order chi connectivity index (χ0) is 41.3. The van der Waals surface area contributed by atoms with E-state index in [1.165, 1.54) is 49.9 Å². The molecule has 294 valence electrons. The first kappa shape index (κ1) is 44.9. The predicted octanol–water partition coefficient (Wildman–Crippen LogP) is 15.8. The van der Waals surface area contributed by atoms with Gasteiger partial charge in [0.15, 0.2) is 0 Å². The van der Waals surface area contributed by atoms with Crippen LogP contribution in [0, 0.1) is 6.92 Å². The maximum atomic E-state index is 12.8. The smallest absolute Gasteiger partial charge is 0.172 e. The second-order valence-corrected chi connectivity index (χ2v) is 26.8. The van der Waals surface area contributed by atoms with Crippen LogP contribution >= 0.6 is 17.0 Å². The maximum Gasteiger partial charge on any atom is -0.172 e. The molecular formula is C49H57Cl2F3Zr-2. The largest absolute Gasteiger partial charge is 0.214 e. The number of fused-ring (bicyclic) bond motifs is 3. The van der Waals surface area contributed by atoms with E-state index in [0.717, 1.165) is 23.3 Å². The van der Waals surface area contributed by atoms with Gasteiger partial charge in [-0.3, -0.25) is 0 Å². The first-order valence-electron chi connectivity index (χ1n) is 18.9. The Hall–Kier alpha value is -2.78. The minimum atomic E-state index is -4.38. The van der Waals surface area contributed by atoms with Crippen LogP contribution in [0.4, 0.5) is 13.2 Å². The SMILES string of the molecule is CC(C)(C)c1cc2[cH-]c3cc(C(C)(C)C)c(C(C)(C)C)cc3c2cc1C(C)(C)C.Cc1ccc([C](c2cccc(C(F)(F)F)c2)=[Zr]([Cl])[Cl])cc1.c1cc[cH-]c1. The molecule has 0 nitrogen and oxygen atoms in total. The van der Waals surface area contributed by atoms with E-state index in [1.807, 2.05) is 61.5 Å². The summed E-state index contributed by atoms with van der Waals surface area (Å²) >= 11 is -2.92. The molecule has 0 saturated carbocycles. The molecule has 6 rings (SSSR count). The molecule has 0 unspecified atom stereocenters. The summed E-state index contributed by atoms with van der Waals surface area (Å²) in [6.07, 6.45) is -4.38. The number of hydrogen-bond donors (Lipinski definition) is 0. The Labute approximate surface area is 343 Å². The standard InChI is InChI=1S/C29H41.C15H11F3.C5H5.2ClH.Zr/c1-26(2,3)22-14-18-13-19-15-23(27(4,5)6)25(29(10,11)12)17-21(19)20(18)16-24(22)28(7,8)9;1-11-5-7-12(8-6-11)9-13-3-2-4-14(10-13)15(16,17)18;1-2-4-5-3-1;;;/h13-17H,1-12H3;2-8,10H,1H3;1-5H;2*1H;/q-1;;-1;;;+2/p-2. The molecular weight excluding hydrogens is 808 g/mol. The molecule has 0 fully saturated rings. The van der Waals surface area contributed by atoms with E-state index in [-0.39, 0.29) is 21.7 Å². The summed E-state index contributed by atoms with van der Waals surface area (Å²) in [4.78, 5) is 0. The Balaban J connectivity index is 0.000000225. The van der Waals surface area contributed by atoms with Gasteiger partial charge in [0.2, 0.25) is 0 Å². The zero-order valence-corrected chi connectivity index (χ0v) is 38.8. The first-order valence-corrected chi connectivity index (χ1v) is 26.5. The molecule has 6 aromatic rings. The molecule has 0 spiro atoms. The summed E-state index contributed by atoms with van der Waals surface area (Å²) in [7, 11) is 12.3. The number of aryl methyl sites for hydroxylation is 1. The number of benzene rings is 4. The van der Waals surface area contributed by atoms with Crippen LogP contribution in [0.2, 0.25) is 0 Å². The van der Waals surface area contributed by atoms with E-state index in [2.05, 4.69) is 113 Å². The van der Waals surface area contributed by atoms with Crippen molar-refractivity contribution < 1.29 is 32.1 Å². The van der Waals surface area contributed by atoms with Crippen molar-refractivity contribution in [3.05, 3.63) is 154 Å². The summed E-state index contributed by atoms with van der Waals surface area (Å²) in [6.45, 7) is 30.0. The van der Waals surface area contributed by atoms with Crippen LogP contribution in [-0.2, 0) is 46.7 Å². The van der Waals surface area contributed by atoms with Crippen molar-refractivity contribution in [1.82, 2.24) is 0 Å². The molecule has 0 N–H and O–H groups in total. The fourth-order valence-corrected chi connectivity index (χ4v) is 11.3. The van der Waals surface area contributed by atoms with Gasteiger partial charge < -0.3 is 0 Å². The van der Waals surface area contributed by atoms with Crippen LogP contribution < -0.4 is 0 Å². The van der Waals surface area contributed by atoms with Gasteiger partial charge in [-0.05, 0) is 21.7 Å². The Morgan fingerprint density at radius 3 is 1.29 bits per heavy atom. The molecule has 0 radical (unpaired) electrons. The van der Waals surface area contributed by atoms with Gasteiger partial charge in [0, 0.05) is 0 Å². The number of halogens is 5. The Morgan fingerprint density at radius 1 is 0.527 bits per heavy atom. The third-order valence-corrected chi connectivity index (χ3v) is 14.4. The van der Waals surface area contributed by atoms with Gasteiger partial charge in [0.05, 0.1) is 0 Å². The van der Waals surface area contributed by atoms with Crippen LogP contribution in [0.15, 0.2) is 109 Å². The Morgan fingerprint density at radius 2 is 0.945 bits per heavy atom. The van der Waals surface area contributed by atoms with Gasteiger partial charge in [-0.25, -0.2) is 12.1 Å². The first-order chi connectivity index (χ1) is 25.2. The Bertz CT molecular complexity index is 2130. The molecule has 0 saturated heterocycles. The average molecular weight is 865 g/mol.